The van der Waals surface area contributed by atoms with Crippen LogP contribution in [0.2, 0.25) is 0 Å². The molecule has 20 heavy (non-hydrogen) atoms. The molecule has 4 nitrogen and oxygen atoms in total. The molecule has 0 spiro atoms. The average Bonchev–Trinajstić information content (AvgIpc) is 2.75. The minimum Gasteiger partial charge on any atom is -0.481 e. The molecule has 0 radical (unpaired) electrons. The molecule has 0 amide bonds. The average molecular weight is 272 g/mol. The van der Waals surface area contributed by atoms with Crippen molar-refractivity contribution in [3.8, 4) is 0 Å². The van der Waals surface area contributed by atoms with Crippen molar-refractivity contribution < 1.29 is 19.8 Å². The lowest BCUT2D eigenvalue weighted by molar-refractivity contribution is -0.146. The van der Waals surface area contributed by atoms with Crippen LogP contribution in [-0.2, 0) is 9.59 Å². The zero-order valence-electron chi connectivity index (χ0n) is 11.2. The molecule has 0 saturated heterocycles. The van der Waals surface area contributed by atoms with Crippen molar-refractivity contribution in [2.75, 3.05) is 0 Å². The van der Waals surface area contributed by atoms with Crippen molar-refractivity contribution in [2.24, 2.45) is 5.41 Å². The maximum absolute atomic E-state index is 11.7. The third-order valence-corrected chi connectivity index (χ3v) is 4.67. The SMILES string of the molecule is CC1(C(=O)O)CCCC2C1=C(C(=O)O)c1ccccc12. The number of fused-ring (bicyclic) bond motifs is 3. The second kappa shape index (κ2) is 4.20. The Morgan fingerprint density at radius 2 is 1.95 bits per heavy atom. The van der Waals surface area contributed by atoms with Crippen LogP contribution in [0.25, 0.3) is 5.57 Å². The van der Waals surface area contributed by atoms with E-state index < -0.39 is 17.4 Å². The van der Waals surface area contributed by atoms with Gasteiger partial charge in [-0.15, -0.1) is 0 Å². The van der Waals surface area contributed by atoms with Crippen LogP contribution < -0.4 is 0 Å². The molecule has 0 aliphatic heterocycles. The summed E-state index contributed by atoms with van der Waals surface area (Å²) < 4.78 is 0. The third-order valence-electron chi connectivity index (χ3n) is 4.67. The van der Waals surface area contributed by atoms with E-state index in [0.29, 0.717) is 17.6 Å². The van der Waals surface area contributed by atoms with Gasteiger partial charge < -0.3 is 10.2 Å². The minimum absolute atomic E-state index is 0.0628. The van der Waals surface area contributed by atoms with Crippen LogP contribution in [0.5, 0.6) is 0 Å². The predicted octanol–water partition coefficient (Wildman–Crippen LogP) is 2.90. The summed E-state index contributed by atoms with van der Waals surface area (Å²) in [6.45, 7) is 1.66. The van der Waals surface area contributed by atoms with Gasteiger partial charge in [0.15, 0.2) is 0 Å². The summed E-state index contributed by atoms with van der Waals surface area (Å²) in [4.78, 5) is 23.4. The van der Waals surface area contributed by atoms with Crippen LogP contribution in [0.15, 0.2) is 29.8 Å². The van der Waals surface area contributed by atoms with Gasteiger partial charge in [0.1, 0.15) is 0 Å². The fraction of sp³-hybridized carbons (Fsp3) is 0.375. The Balaban J connectivity index is 2.30. The highest BCUT2D eigenvalue weighted by molar-refractivity contribution is 6.19. The standard InChI is InChI=1S/C16H16O4/c1-16(15(19)20)8-4-7-11-9-5-2-3-6-10(9)12(13(11)16)14(17)18/h2-3,5-6,11H,4,7-8H2,1H3,(H,17,18)(H,19,20). The van der Waals surface area contributed by atoms with Crippen LogP contribution >= 0.6 is 0 Å². The molecule has 1 aromatic carbocycles. The van der Waals surface area contributed by atoms with Crippen molar-refractivity contribution in [3.05, 3.63) is 41.0 Å². The van der Waals surface area contributed by atoms with E-state index >= 15 is 0 Å². The van der Waals surface area contributed by atoms with Gasteiger partial charge in [-0.1, -0.05) is 30.7 Å². The maximum Gasteiger partial charge on any atom is 0.336 e. The Hall–Kier alpha value is -2.10. The van der Waals surface area contributed by atoms with E-state index in [-0.39, 0.29) is 11.5 Å². The molecule has 0 bridgehead atoms. The highest BCUT2D eigenvalue weighted by atomic mass is 16.4. The lowest BCUT2D eigenvalue weighted by Crippen LogP contribution is -2.35. The predicted molar refractivity (Wildman–Crippen MR) is 73.3 cm³/mol. The van der Waals surface area contributed by atoms with Crippen molar-refractivity contribution in [2.45, 2.75) is 32.1 Å². The Labute approximate surface area is 116 Å². The summed E-state index contributed by atoms with van der Waals surface area (Å²) in [5.74, 6) is -2.01. The zero-order valence-corrected chi connectivity index (χ0v) is 11.2. The van der Waals surface area contributed by atoms with Crippen molar-refractivity contribution in [1.29, 1.82) is 0 Å². The van der Waals surface area contributed by atoms with Crippen molar-refractivity contribution in [1.82, 2.24) is 0 Å². The molecule has 2 aliphatic rings. The topological polar surface area (TPSA) is 74.6 Å². The Morgan fingerprint density at radius 1 is 1.25 bits per heavy atom. The Kier molecular flexibility index (Phi) is 2.71. The number of carboxylic acids is 2. The number of rotatable bonds is 2. The summed E-state index contributed by atoms with van der Waals surface area (Å²) in [6, 6.07) is 7.39. The molecule has 0 aromatic heterocycles. The molecule has 1 saturated carbocycles. The molecule has 3 rings (SSSR count). The van der Waals surface area contributed by atoms with E-state index in [1.165, 1.54) is 0 Å². The molecule has 2 atom stereocenters. The fourth-order valence-electron chi connectivity index (χ4n) is 3.71. The lowest BCUT2D eigenvalue weighted by atomic mass is 9.66. The van der Waals surface area contributed by atoms with Crippen LogP contribution in [0.1, 0.15) is 43.2 Å². The van der Waals surface area contributed by atoms with Crippen LogP contribution in [0.3, 0.4) is 0 Å². The van der Waals surface area contributed by atoms with Crippen LogP contribution in [0.4, 0.5) is 0 Å². The highest BCUT2D eigenvalue weighted by Crippen LogP contribution is 2.56. The molecule has 1 fully saturated rings. The van der Waals surface area contributed by atoms with Gasteiger partial charge >= 0.3 is 11.9 Å². The molecule has 2 unspecified atom stereocenters. The summed E-state index contributed by atoms with van der Waals surface area (Å²) in [5, 5.41) is 19.2. The van der Waals surface area contributed by atoms with Crippen LogP contribution in [0, 0.1) is 5.41 Å². The fourth-order valence-corrected chi connectivity index (χ4v) is 3.71. The second-order valence-electron chi connectivity index (χ2n) is 5.76. The number of benzene rings is 1. The first-order valence-corrected chi connectivity index (χ1v) is 6.77. The van der Waals surface area contributed by atoms with Gasteiger partial charge in [-0.3, -0.25) is 4.79 Å². The van der Waals surface area contributed by atoms with Gasteiger partial charge in [0.05, 0.1) is 11.0 Å². The van der Waals surface area contributed by atoms with E-state index in [1.807, 2.05) is 12.1 Å². The number of hydrogen-bond donors (Lipinski definition) is 2. The number of aliphatic carboxylic acids is 2. The van der Waals surface area contributed by atoms with Gasteiger partial charge in [0.25, 0.3) is 0 Å². The monoisotopic (exact) mass is 272 g/mol. The summed E-state index contributed by atoms with van der Waals surface area (Å²) >= 11 is 0. The first-order chi connectivity index (χ1) is 9.47. The number of carbonyl (C=O) groups is 2. The normalized spacial score (nSPS) is 27.9. The first kappa shape index (κ1) is 12.9. The number of hydrogen-bond acceptors (Lipinski definition) is 2. The molecule has 104 valence electrons. The Bertz CT molecular complexity index is 644. The van der Waals surface area contributed by atoms with Gasteiger partial charge in [0.2, 0.25) is 0 Å². The van der Waals surface area contributed by atoms with Gasteiger partial charge in [-0.05, 0) is 36.5 Å². The van der Waals surface area contributed by atoms with Gasteiger partial charge in [-0.2, -0.15) is 0 Å². The first-order valence-electron chi connectivity index (χ1n) is 6.77. The third kappa shape index (κ3) is 1.54. The minimum atomic E-state index is -1.07. The molecule has 2 aliphatic carbocycles. The van der Waals surface area contributed by atoms with Crippen LogP contribution in [-0.4, -0.2) is 22.2 Å². The van der Waals surface area contributed by atoms with Gasteiger partial charge in [-0.25, -0.2) is 4.79 Å². The van der Waals surface area contributed by atoms with E-state index in [2.05, 4.69) is 0 Å². The molecular formula is C16H16O4. The molecule has 1 aromatic rings. The molecular weight excluding hydrogens is 256 g/mol. The van der Waals surface area contributed by atoms with Crippen molar-refractivity contribution >= 4 is 17.5 Å². The maximum atomic E-state index is 11.7. The summed E-state index contributed by atoms with van der Waals surface area (Å²) in [6.07, 6.45) is 2.13. The quantitative estimate of drug-likeness (QED) is 0.868. The summed E-state index contributed by atoms with van der Waals surface area (Å²) in [7, 11) is 0. The number of carboxylic acid groups (broad SMARTS) is 2. The van der Waals surface area contributed by atoms with Gasteiger partial charge in [0, 0.05) is 5.92 Å². The molecule has 2 N–H and O–H groups in total. The van der Waals surface area contributed by atoms with E-state index in [4.69, 9.17) is 0 Å². The van der Waals surface area contributed by atoms with E-state index in [0.717, 1.165) is 18.4 Å². The Morgan fingerprint density at radius 3 is 2.60 bits per heavy atom. The smallest absolute Gasteiger partial charge is 0.336 e. The highest BCUT2D eigenvalue weighted by Gasteiger charge is 2.50. The van der Waals surface area contributed by atoms with E-state index in [1.54, 1.807) is 19.1 Å². The lowest BCUT2D eigenvalue weighted by Gasteiger charge is -2.36. The summed E-state index contributed by atoms with van der Waals surface area (Å²) in [5.41, 5.74) is 1.37. The van der Waals surface area contributed by atoms with E-state index in [9.17, 15) is 19.8 Å². The zero-order chi connectivity index (χ0) is 14.5. The van der Waals surface area contributed by atoms with Crippen molar-refractivity contribution in [3.63, 3.8) is 0 Å². The second-order valence-corrected chi connectivity index (χ2v) is 5.76. The molecule has 4 heteroatoms. The largest absolute Gasteiger partial charge is 0.481 e. The molecule has 0 heterocycles.